The third kappa shape index (κ3) is 3.77. The molecule has 108 valence electrons. The molecule has 1 aliphatic carbocycles. The molecule has 1 aromatic rings. The number of carboxylic acids is 1. The fourth-order valence-corrected chi connectivity index (χ4v) is 3.04. The fourth-order valence-electron chi connectivity index (χ4n) is 1.74. The monoisotopic (exact) mass is 380 g/mol. The number of nitrogens with zero attached hydrogens (tertiary/aromatic N) is 1. The van der Waals surface area contributed by atoms with E-state index in [0.717, 1.165) is 12.8 Å². The average molecular weight is 382 g/mol. The van der Waals surface area contributed by atoms with Crippen molar-refractivity contribution in [2.24, 2.45) is 0 Å². The number of aliphatic carboxylic acids is 1. The van der Waals surface area contributed by atoms with Crippen LogP contribution >= 0.6 is 39.1 Å². The molecule has 20 heavy (non-hydrogen) atoms. The minimum absolute atomic E-state index is 0.0286. The molecule has 2 N–H and O–H groups in total. The Balaban J connectivity index is 2.16. The zero-order valence-electron chi connectivity index (χ0n) is 10.2. The minimum Gasteiger partial charge on any atom is -0.480 e. The Morgan fingerprint density at radius 2 is 1.90 bits per heavy atom. The molecule has 0 bridgehead atoms. The lowest BCUT2D eigenvalue weighted by atomic mass is 10.3. The molecule has 0 heterocycles. The maximum atomic E-state index is 12.1. The smallest absolute Gasteiger partial charge is 0.323 e. The van der Waals surface area contributed by atoms with Crippen LogP contribution in [0.4, 0.5) is 10.5 Å². The van der Waals surface area contributed by atoms with Crippen LogP contribution < -0.4 is 5.32 Å². The summed E-state index contributed by atoms with van der Waals surface area (Å²) in [5, 5.41) is 12.0. The number of rotatable bonds is 4. The SMILES string of the molecule is O=C(O)CN(C(=O)Nc1c(Cl)cc(Br)cc1Cl)C1CC1. The van der Waals surface area contributed by atoms with Gasteiger partial charge in [0.1, 0.15) is 6.54 Å². The Morgan fingerprint density at radius 1 is 1.35 bits per heavy atom. The highest BCUT2D eigenvalue weighted by molar-refractivity contribution is 9.10. The van der Waals surface area contributed by atoms with Crippen LogP contribution in [-0.4, -0.2) is 34.6 Å². The molecule has 0 unspecified atom stereocenters. The summed E-state index contributed by atoms with van der Waals surface area (Å²) >= 11 is 15.3. The number of nitrogens with one attached hydrogen (secondary N) is 1. The predicted octanol–water partition coefficient (Wildman–Crippen LogP) is 3.84. The summed E-state index contributed by atoms with van der Waals surface area (Å²) in [7, 11) is 0. The molecule has 1 aliphatic rings. The molecule has 8 heteroatoms. The highest BCUT2D eigenvalue weighted by atomic mass is 79.9. The maximum Gasteiger partial charge on any atom is 0.323 e. The zero-order valence-corrected chi connectivity index (χ0v) is 13.3. The van der Waals surface area contributed by atoms with Crippen LogP contribution in [-0.2, 0) is 4.79 Å². The number of carbonyl (C=O) groups excluding carboxylic acids is 1. The van der Waals surface area contributed by atoms with Crippen LogP contribution in [0.2, 0.25) is 10.0 Å². The number of hydrogen-bond donors (Lipinski definition) is 2. The zero-order chi connectivity index (χ0) is 14.9. The van der Waals surface area contributed by atoms with Crippen molar-refractivity contribution in [1.29, 1.82) is 0 Å². The highest BCUT2D eigenvalue weighted by Gasteiger charge is 2.34. The van der Waals surface area contributed by atoms with Gasteiger partial charge in [0, 0.05) is 10.5 Å². The van der Waals surface area contributed by atoms with Crippen LogP contribution in [0.5, 0.6) is 0 Å². The molecular weight excluding hydrogens is 371 g/mol. The predicted molar refractivity (Wildman–Crippen MR) is 80.5 cm³/mol. The van der Waals surface area contributed by atoms with Gasteiger partial charge in [-0.2, -0.15) is 0 Å². The molecule has 0 saturated heterocycles. The number of amides is 2. The van der Waals surface area contributed by atoms with Gasteiger partial charge in [-0.1, -0.05) is 39.1 Å². The Bertz CT molecular complexity index is 541. The molecule has 0 atom stereocenters. The van der Waals surface area contributed by atoms with E-state index in [9.17, 15) is 9.59 Å². The van der Waals surface area contributed by atoms with Crippen molar-refractivity contribution >= 4 is 56.8 Å². The molecule has 0 radical (unpaired) electrons. The molecular formula is C12H11BrCl2N2O3. The fraction of sp³-hybridized carbons (Fsp3) is 0.333. The third-order valence-corrected chi connectivity index (χ3v) is 3.85. The van der Waals surface area contributed by atoms with E-state index in [1.165, 1.54) is 4.90 Å². The van der Waals surface area contributed by atoms with Crippen molar-refractivity contribution in [3.63, 3.8) is 0 Å². The molecule has 0 spiro atoms. The number of hydrogen-bond acceptors (Lipinski definition) is 2. The molecule has 2 rings (SSSR count). The second-order valence-corrected chi connectivity index (χ2v) is 6.16. The number of halogens is 3. The normalized spacial score (nSPS) is 13.9. The lowest BCUT2D eigenvalue weighted by Gasteiger charge is -2.21. The Hall–Kier alpha value is -0.980. The van der Waals surface area contributed by atoms with E-state index in [-0.39, 0.29) is 28.3 Å². The van der Waals surface area contributed by atoms with Crippen molar-refractivity contribution in [1.82, 2.24) is 4.90 Å². The van der Waals surface area contributed by atoms with Crippen LogP contribution in [0, 0.1) is 0 Å². The highest BCUT2D eigenvalue weighted by Crippen LogP contribution is 2.35. The van der Waals surface area contributed by atoms with Gasteiger partial charge in [0.25, 0.3) is 0 Å². The first kappa shape index (κ1) is 15.4. The van der Waals surface area contributed by atoms with Gasteiger partial charge < -0.3 is 15.3 Å². The quantitative estimate of drug-likeness (QED) is 0.832. The van der Waals surface area contributed by atoms with Gasteiger partial charge >= 0.3 is 12.0 Å². The first-order valence-electron chi connectivity index (χ1n) is 5.82. The van der Waals surface area contributed by atoms with E-state index < -0.39 is 12.0 Å². The van der Waals surface area contributed by atoms with Gasteiger partial charge in [-0.25, -0.2) is 4.79 Å². The van der Waals surface area contributed by atoms with Crippen LogP contribution in [0.3, 0.4) is 0 Å². The maximum absolute atomic E-state index is 12.1. The lowest BCUT2D eigenvalue weighted by molar-refractivity contribution is -0.137. The summed E-state index contributed by atoms with van der Waals surface area (Å²) in [5.41, 5.74) is 0.276. The first-order valence-corrected chi connectivity index (χ1v) is 7.37. The van der Waals surface area contributed by atoms with E-state index in [1.807, 2.05) is 0 Å². The van der Waals surface area contributed by atoms with Crippen LogP contribution in [0.15, 0.2) is 16.6 Å². The molecule has 0 aromatic heterocycles. The van der Waals surface area contributed by atoms with Gasteiger partial charge in [-0.05, 0) is 25.0 Å². The summed E-state index contributed by atoms with van der Waals surface area (Å²) in [6.07, 6.45) is 1.62. The number of urea groups is 1. The van der Waals surface area contributed by atoms with Gasteiger partial charge in [0.15, 0.2) is 0 Å². The minimum atomic E-state index is -1.06. The van der Waals surface area contributed by atoms with Crippen LogP contribution in [0.1, 0.15) is 12.8 Å². The topological polar surface area (TPSA) is 69.6 Å². The van der Waals surface area contributed by atoms with Crippen molar-refractivity contribution in [2.75, 3.05) is 11.9 Å². The molecule has 0 aliphatic heterocycles. The van der Waals surface area contributed by atoms with E-state index >= 15 is 0 Å². The summed E-state index contributed by atoms with van der Waals surface area (Å²) < 4.78 is 0.690. The summed E-state index contributed by atoms with van der Waals surface area (Å²) in [6, 6.07) is 2.66. The summed E-state index contributed by atoms with van der Waals surface area (Å²) in [4.78, 5) is 24.2. The van der Waals surface area contributed by atoms with E-state index in [0.29, 0.717) is 4.47 Å². The second kappa shape index (κ2) is 6.20. The molecule has 2 amide bonds. The van der Waals surface area contributed by atoms with E-state index in [4.69, 9.17) is 28.3 Å². The first-order chi connectivity index (χ1) is 9.38. The number of anilines is 1. The Morgan fingerprint density at radius 3 is 2.35 bits per heavy atom. The van der Waals surface area contributed by atoms with E-state index in [2.05, 4.69) is 21.2 Å². The van der Waals surface area contributed by atoms with Crippen molar-refractivity contribution in [3.05, 3.63) is 26.7 Å². The van der Waals surface area contributed by atoms with Gasteiger partial charge in [-0.15, -0.1) is 0 Å². The molecule has 1 aromatic carbocycles. The summed E-state index contributed by atoms with van der Waals surface area (Å²) in [6.45, 7) is -0.345. The molecule has 1 saturated carbocycles. The number of benzene rings is 1. The largest absolute Gasteiger partial charge is 0.480 e. The van der Waals surface area contributed by atoms with Gasteiger partial charge in [-0.3, -0.25) is 4.79 Å². The van der Waals surface area contributed by atoms with Gasteiger partial charge in [0.2, 0.25) is 0 Å². The van der Waals surface area contributed by atoms with Crippen LogP contribution in [0.25, 0.3) is 0 Å². The second-order valence-electron chi connectivity index (χ2n) is 4.43. The number of carboxylic acid groups (broad SMARTS) is 1. The molecule has 1 fully saturated rings. The van der Waals surface area contributed by atoms with Crippen molar-refractivity contribution in [3.8, 4) is 0 Å². The number of carbonyl (C=O) groups is 2. The van der Waals surface area contributed by atoms with Gasteiger partial charge in [0.05, 0.1) is 15.7 Å². The lowest BCUT2D eigenvalue weighted by Crippen LogP contribution is -2.40. The van der Waals surface area contributed by atoms with Crippen molar-refractivity contribution in [2.45, 2.75) is 18.9 Å². The van der Waals surface area contributed by atoms with E-state index in [1.54, 1.807) is 12.1 Å². The average Bonchev–Trinajstić information content (AvgIpc) is 3.14. The Kier molecular flexibility index (Phi) is 4.78. The third-order valence-electron chi connectivity index (χ3n) is 2.79. The van der Waals surface area contributed by atoms with Crippen molar-refractivity contribution < 1.29 is 14.7 Å². The molecule has 5 nitrogen and oxygen atoms in total. The Labute approximate surface area is 134 Å². The summed E-state index contributed by atoms with van der Waals surface area (Å²) in [5.74, 6) is -1.06. The standard InChI is InChI=1S/C12H11BrCl2N2O3/c13-6-3-8(14)11(9(15)4-6)16-12(20)17(5-10(18)19)7-1-2-7/h3-4,7H,1-2,5H2,(H,16,20)(H,18,19).